The molecule has 1 heterocycles. The van der Waals surface area contributed by atoms with E-state index in [4.69, 9.17) is 4.74 Å². The molecule has 1 aliphatic heterocycles. The van der Waals surface area contributed by atoms with E-state index in [1.54, 1.807) is 0 Å². The first-order chi connectivity index (χ1) is 6.47. The van der Waals surface area contributed by atoms with Crippen LogP contribution in [-0.2, 0) is 16.9 Å². The number of ether oxygens (including phenoxy) is 1. The Balaban J connectivity index is 2.17. The van der Waals surface area contributed by atoms with Crippen LogP contribution >= 0.6 is 11.8 Å². The van der Waals surface area contributed by atoms with Gasteiger partial charge < -0.3 is 4.74 Å². The van der Waals surface area contributed by atoms with E-state index < -0.39 is 0 Å². The summed E-state index contributed by atoms with van der Waals surface area (Å²) in [6, 6.07) is 8.68. The zero-order valence-electron chi connectivity index (χ0n) is 7.66. The molecule has 0 spiro atoms. The molecular formula is C11H14OS. The van der Waals surface area contributed by atoms with Crippen molar-refractivity contribution >= 4 is 11.8 Å². The zero-order valence-corrected chi connectivity index (χ0v) is 8.48. The second kappa shape index (κ2) is 4.68. The van der Waals surface area contributed by atoms with Gasteiger partial charge in [-0.15, -0.1) is 0 Å². The van der Waals surface area contributed by atoms with Gasteiger partial charge in [0.1, 0.15) is 0 Å². The van der Waals surface area contributed by atoms with Gasteiger partial charge >= 0.3 is 0 Å². The lowest BCUT2D eigenvalue weighted by molar-refractivity contribution is 0.153. The van der Waals surface area contributed by atoms with Crippen molar-refractivity contribution in [1.82, 2.24) is 0 Å². The summed E-state index contributed by atoms with van der Waals surface area (Å²) < 4.78 is 5.49. The molecule has 0 amide bonds. The van der Waals surface area contributed by atoms with Crippen LogP contribution in [0.5, 0.6) is 0 Å². The van der Waals surface area contributed by atoms with E-state index >= 15 is 0 Å². The second-order valence-corrected chi connectivity index (χ2v) is 4.29. The van der Waals surface area contributed by atoms with E-state index in [1.807, 2.05) is 11.8 Å². The highest BCUT2D eigenvalue weighted by Crippen LogP contribution is 2.18. The fourth-order valence-electron chi connectivity index (χ4n) is 1.53. The van der Waals surface area contributed by atoms with Crippen molar-refractivity contribution in [2.45, 2.75) is 12.2 Å². The average molecular weight is 194 g/mol. The van der Waals surface area contributed by atoms with Crippen LogP contribution in [0, 0.1) is 0 Å². The molecule has 2 heteroatoms. The van der Waals surface area contributed by atoms with Gasteiger partial charge in [-0.25, -0.2) is 0 Å². The molecule has 1 aromatic rings. The summed E-state index contributed by atoms with van der Waals surface area (Å²) in [5.74, 6) is 2.26. The van der Waals surface area contributed by atoms with Gasteiger partial charge in [-0.05, 0) is 17.5 Å². The number of hydrogen-bond acceptors (Lipinski definition) is 2. The molecule has 70 valence electrons. The van der Waals surface area contributed by atoms with Gasteiger partial charge in [0.05, 0.1) is 13.2 Å². The van der Waals surface area contributed by atoms with Crippen LogP contribution in [0.1, 0.15) is 11.1 Å². The van der Waals surface area contributed by atoms with Crippen LogP contribution in [0.2, 0.25) is 0 Å². The lowest BCUT2D eigenvalue weighted by Gasteiger charge is -2.05. The van der Waals surface area contributed by atoms with E-state index in [1.165, 1.54) is 11.1 Å². The number of thioether (sulfide) groups is 1. The SMILES string of the molecule is c1ccc2c(c1)CCOCCSC2. The Morgan fingerprint density at radius 3 is 2.85 bits per heavy atom. The van der Waals surface area contributed by atoms with Crippen LogP contribution in [-0.4, -0.2) is 19.0 Å². The number of rotatable bonds is 0. The number of benzene rings is 1. The van der Waals surface area contributed by atoms with E-state index in [0.717, 1.165) is 31.1 Å². The summed E-state index contributed by atoms with van der Waals surface area (Å²) in [6.07, 6.45) is 1.07. The minimum Gasteiger partial charge on any atom is -0.380 e. The highest BCUT2D eigenvalue weighted by Gasteiger charge is 2.04. The topological polar surface area (TPSA) is 9.23 Å². The van der Waals surface area contributed by atoms with Crippen molar-refractivity contribution in [3.05, 3.63) is 35.4 Å². The second-order valence-electron chi connectivity index (χ2n) is 3.18. The summed E-state index contributed by atoms with van der Waals surface area (Å²) in [4.78, 5) is 0. The Bertz CT molecular complexity index is 246. The Labute approximate surface area is 83.5 Å². The first-order valence-corrected chi connectivity index (χ1v) is 5.84. The van der Waals surface area contributed by atoms with Crippen molar-refractivity contribution in [2.24, 2.45) is 0 Å². The van der Waals surface area contributed by atoms with Crippen molar-refractivity contribution < 1.29 is 4.74 Å². The predicted molar refractivity (Wildman–Crippen MR) is 57.1 cm³/mol. The first kappa shape index (κ1) is 9.10. The van der Waals surface area contributed by atoms with Crippen molar-refractivity contribution in [2.75, 3.05) is 19.0 Å². The summed E-state index contributed by atoms with van der Waals surface area (Å²) in [5, 5.41) is 0. The van der Waals surface area contributed by atoms with Gasteiger partial charge in [0.25, 0.3) is 0 Å². The zero-order chi connectivity index (χ0) is 8.93. The minimum absolute atomic E-state index is 0.873. The molecule has 0 aliphatic carbocycles. The third-order valence-electron chi connectivity index (χ3n) is 2.26. The summed E-state index contributed by atoms with van der Waals surface area (Å²) in [7, 11) is 0. The van der Waals surface area contributed by atoms with Crippen LogP contribution < -0.4 is 0 Å². The summed E-state index contributed by atoms with van der Waals surface area (Å²) >= 11 is 1.96. The number of hydrogen-bond donors (Lipinski definition) is 0. The van der Waals surface area contributed by atoms with Crippen LogP contribution in [0.3, 0.4) is 0 Å². The molecule has 13 heavy (non-hydrogen) atoms. The third-order valence-corrected chi connectivity index (χ3v) is 3.23. The molecule has 0 aromatic heterocycles. The van der Waals surface area contributed by atoms with Crippen molar-refractivity contribution in [1.29, 1.82) is 0 Å². The van der Waals surface area contributed by atoms with E-state index in [0.29, 0.717) is 0 Å². The maximum Gasteiger partial charge on any atom is 0.0556 e. The standard InChI is InChI=1S/C11H14OS/c1-2-4-11-9-13-8-7-12-6-5-10(11)3-1/h1-4H,5-9H2. The molecule has 1 aliphatic rings. The van der Waals surface area contributed by atoms with E-state index in [-0.39, 0.29) is 0 Å². The molecule has 0 fully saturated rings. The summed E-state index contributed by atoms with van der Waals surface area (Å²) in [6.45, 7) is 1.77. The molecular weight excluding hydrogens is 180 g/mol. The molecule has 1 aromatic carbocycles. The van der Waals surface area contributed by atoms with Gasteiger partial charge in [-0.3, -0.25) is 0 Å². The summed E-state index contributed by atoms with van der Waals surface area (Å²) in [5.41, 5.74) is 2.94. The molecule has 1 nitrogen and oxygen atoms in total. The lowest BCUT2D eigenvalue weighted by atomic mass is 10.1. The van der Waals surface area contributed by atoms with Gasteiger partial charge in [0.2, 0.25) is 0 Å². The van der Waals surface area contributed by atoms with Crippen LogP contribution in [0.25, 0.3) is 0 Å². The third kappa shape index (κ3) is 2.48. The van der Waals surface area contributed by atoms with Gasteiger partial charge in [-0.1, -0.05) is 24.3 Å². The van der Waals surface area contributed by atoms with Crippen LogP contribution in [0.15, 0.2) is 24.3 Å². The quantitative estimate of drug-likeness (QED) is 0.627. The van der Waals surface area contributed by atoms with Gasteiger partial charge in [0.15, 0.2) is 0 Å². The Hall–Kier alpha value is -0.470. The lowest BCUT2D eigenvalue weighted by Crippen LogP contribution is -2.00. The predicted octanol–water partition coefficient (Wildman–Crippen LogP) is 2.49. The maximum atomic E-state index is 5.49. The first-order valence-electron chi connectivity index (χ1n) is 4.69. The largest absolute Gasteiger partial charge is 0.380 e. The average Bonchev–Trinajstić information content (AvgIpc) is 2.28. The molecule has 0 radical (unpaired) electrons. The monoisotopic (exact) mass is 194 g/mol. The molecule has 0 N–H and O–H groups in total. The molecule has 0 unspecified atom stereocenters. The highest BCUT2D eigenvalue weighted by molar-refractivity contribution is 7.98. The fourth-order valence-corrected chi connectivity index (χ4v) is 2.41. The van der Waals surface area contributed by atoms with E-state index in [2.05, 4.69) is 24.3 Å². The number of fused-ring (bicyclic) bond motifs is 1. The highest BCUT2D eigenvalue weighted by atomic mass is 32.2. The van der Waals surface area contributed by atoms with Crippen molar-refractivity contribution in [3.8, 4) is 0 Å². The minimum atomic E-state index is 0.873. The molecule has 2 rings (SSSR count). The van der Waals surface area contributed by atoms with E-state index in [9.17, 15) is 0 Å². The van der Waals surface area contributed by atoms with Gasteiger partial charge in [-0.2, -0.15) is 11.8 Å². The molecule has 0 bridgehead atoms. The molecule has 0 saturated carbocycles. The fraction of sp³-hybridized carbons (Fsp3) is 0.455. The van der Waals surface area contributed by atoms with Crippen molar-refractivity contribution in [3.63, 3.8) is 0 Å². The molecule has 0 saturated heterocycles. The van der Waals surface area contributed by atoms with Crippen LogP contribution in [0.4, 0.5) is 0 Å². The Morgan fingerprint density at radius 2 is 1.92 bits per heavy atom. The Morgan fingerprint density at radius 1 is 1.08 bits per heavy atom. The van der Waals surface area contributed by atoms with Gasteiger partial charge in [0, 0.05) is 11.5 Å². The maximum absolute atomic E-state index is 5.49. The normalized spacial score (nSPS) is 18.2. The molecule has 0 atom stereocenters. The Kier molecular flexibility index (Phi) is 3.27. The smallest absolute Gasteiger partial charge is 0.0556 e.